The molecule has 0 bridgehead atoms. The van der Waals surface area contributed by atoms with Gasteiger partial charge < -0.3 is 10.1 Å². The van der Waals surface area contributed by atoms with Crippen LogP contribution in [-0.4, -0.2) is 29.6 Å². The van der Waals surface area contributed by atoms with Crippen LogP contribution in [0.15, 0.2) is 78.9 Å². The van der Waals surface area contributed by atoms with E-state index in [1.165, 1.54) is 12.1 Å². The molecule has 0 spiro atoms. The Morgan fingerprint density at radius 3 is 1.94 bits per heavy atom. The number of imide groups is 1. The van der Waals surface area contributed by atoms with Crippen molar-refractivity contribution >= 4 is 46.8 Å². The van der Waals surface area contributed by atoms with Gasteiger partial charge in [0.2, 0.25) is 0 Å². The van der Waals surface area contributed by atoms with Crippen molar-refractivity contribution in [2.75, 3.05) is 4.90 Å². The Hall–Kier alpha value is -3.35. The molecule has 0 heterocycles. The first-order valence-electron chi connectivity index (χ1n) is 11.0. The van der Waals surface area contributed by atoms with Gasteiger partial charge >= 0.3 is 6.09 Å². The first-order valence-corrected chi connectivity index (χ1v) is 11.7. The molecule has 182 valence electrons. The summed E-state index contributed by atoms with van der Waals surface area (Å²) in [4.78, 5) is 41.3. The topological polar surface area (TPSA) is 75.7 Å². The SMILES string of the molecule is CC(C)(C)OC(=O)NC(Cc1ccccc1)C(=O)N(C(=O)c1c(Cl)cccc1Cl)c1ccccc1. The Morgan fingerprint density at radius 2 is 1.40 bits per heavy atom. The molecule has 8 heteroatoms. The number of hydrogen-bond donors (Lipinski definition) is 1. The number of hydrogen-bond acceptors (Lipinski definition) is 4. The van der Waals surface area contributed by atoms with Crippen molar-refractivity contribution in [2.45, 2.75) is 38.8 Å². The molecule has 0 aliphatic heterocycles. The summed E-state index contributed by atoms with van der Waals surface area (Å²) in [5.41, 5.74) is 0.314. The molecule has 1 N–H and O–H groups in total. The van der Waals surface area contributed by atoms with Gasteiger partial charge in [-0.05, 0) is 50.6 Å². The van der Waals surface area contributed by atoms with E-state index in [4.69, 9.17) is 27.9 Å². The van der Waals surface area contributed by atoms with E-state index < -0.39 is 29.6 Å². The van der Waals surface area contributed by atoms with Crippen molar-refractivity contribution in [3.63, 3.8) is 0 Å². The molecular weight excluding hydrogens is 487 g/mol. The highest BCUT2D eigenvalue weighted by atomic mass is 35.5. The molecule has 0 aliphatic carbocycles. The minimum Gasteiger partial charge on any atom is -0.444 e. The van der Waals surface area contributed by atoms with Gasteiger partial charge in [0.05, 0.1) is 21.3 Å². The number of anilines is 1. The number of para-hydroxylation sites is 1. The van der Waals surface area contributed by atoms with Crippen LogP contribution in [0.5, 0.6) is 0 Å². The highest BCUT2D eigenvalue weighted by Gasteiger charge is 2.34. The van der Waals surface area contributed by atoms with E-state index >= 15 is 0 Å². The fourth-order valence-electron chi connectivity index (χ4n) is 3.39. The van der Waals surface area contributed by atoms with E-state index in [-0.39, 0.29) is 22.0 Å². The second-order valence-corrected chi connectivity index (χ2v) is 9.61. The standard InChI is InChI=1S/C27H26Cl2N2O4/c1-27(2,3)35-26(34)30-22(17-18-11-6-4-7-12-18)24(32)31(19-13-8-5-9-14-19)25(33)23-20(28)15-10-16-21(23)29/h4-16,22H,17H2,1-3H3,(H,30,34). The lowest BCUT2D eigenvalue weighted by molar-refractivity contribution is -0.120. The molecule has 1 atom stereocenters. The molecule has 3 aromatic rings. The second kappa shape index (κ2) is 11.4. The second-order valence-electron chi connectivity index (χ2n) is 8.80. The summed E-state index contributed by atoms with van der Waals surface area (Å²) in [5.74, 6) is -1.37. The molecule has 3 aromatic carbocycles. The molecule has 35 heavy (non-hydrogen) atoms. The van der Waals surface area contributed by atoms with Crippen LogP contribution in [0.3, 0.4) is 0 Å². The molecule has 6 nitrogen and oxygen atoms in total. The van der Waals surface area contributed by atoms with Crippen molar-refractivity contribution in [3.8, 4) is 0 Å². The smallest absolute Gasteiger partial charge is 0.408 e. The zero-order valence-electron chi connectivity index (χ0n) is 19.6. The molecule has 3 amide bonds. The van der Waals surface area contributed by atoms with Crippen molar-refractivity contribution in [1.29, 1.82) is 0 Å². The van der Waals surface area contributed by atoms with E-state index in [0.717, 1.165) is 10.5 Å². The minimum absolute atomic E-state index is 0.0104. The number of nitrogens with zero attached hydrogens (tertiary/aromatic N) is 1. The van der Waals surface area contributed by atoms with Gasteiger partial charge in [-0.2, -0.15) is 0 Å². The predicted octanol–water partition coefficient (Wildman–Crippen LogP) is 6.30. The summed E-state index contributed by atoms with van der Waals surface area (Å²) < 4.78 is 5.38. The van der Waals surface area contributed by atoms with Gasteiger partial charge in [-0.1, -0.05) is 77.8 Å². The van der Waals surface area contributed by atoms with Crippen molar-refractivity contribution in [1.82, 2.24) is 5.32 Å². The predicted molar refractivity (Wildman–Crippen MR) is 138 cm³/mol. The first-order chi connectivity index (χ1) is 16.6. The molecule has 0 fully saturated rings. The zero-order valence-corrected chi connectivity index (χ0v) is 21.1. The fraction of sp³-hybridized carbons (Fsp3) is 0.222. The van der Waals surface area contributed by atoms with E-state index in [1.807, 2.05) is 30.3 Å². The number of ether oxygens (including phenoxy) is 1. The van der Waals surface area contributed by atoms with Crippen LogP contribution in [0.1, 0.15) is 36.7 Å². The van der Waals surface area contributed by atoms with Crippen LogP contribution >= 0.6 is 23.2 Å². The fourth-order valence-corrected chi connectivity index (χ4v) is 3.95. The molecular formula is C27H26Cl2N2O4. The number of halogens is 2. The monoisotopic (exact) mass is 512 g/mol. The van der Waals surface area contributed by atoms with Crippen LogP contribution in [0.25, 0.3) is 0 Å². The van der Waals surface area contributed by atoms with Crippen molar-refractivity contribution < 1.29 is 19.1 Å². The number of amides is 3. The largest absolute Gasteiger partial charge is 0.444 e. The number of rotatable bonds is 6. The lowest BCUT2D eigenvalue weighted by Gasteiger charge is -2.28. The molecule has 0 aromatic heterocycles. The summed E-state index contributed by atoms with van der Waals surface area (Å²) in [6.45, 7) is 5.17. The van der Waals surface area contributed by atoms with E-state index in [2.05, 4.69) is 5.32 Å². The van der Waals surface area contributed by atoms with E-state index in [9.17, 15) is 14.4 Å². The highest BCUT2D eigenvalue weighted by Crippen LogP contribution is 2.28. The van der Waals surface area contributed by atoms with Crippen LogP contribution < -0.4 is 10.2 Å². The van der Waals surface area contributed by atoms with Crippen molar-refractivity contribution in [3.05, 3.63) is 100 Å². The van der Waals surface area contributed by atoms with E-state index in [0.29, 0.717) is 5.69 Å². The third kappa shape index (κ3) is 7.07. The number of benzene rings is 3. The van der Waals surface area contributed by atoms with Gasteiger partial charge in [0.15, 0.2) is 0 Å². The molecule has 0 saturated heterocycles. The number of carbonyl (C=O) groups is 3. The van der Waals surface area contributed by atoms with Gasteiger partial charge in [-0.3, -0.25) is 9.59 Å². The third-order valence-corrected chi connectivity index (χ3v) is 5.52. The quantitative estimate of drug-likeness (QED) is 0.420. The van der Waals surface area contributed by atoms with Crippen LogP contribution in [0.4, 0.5) is 10.5 Å². The zero-order chi connectivity index (χ0) is 25.6. The Kier molecular flexibility index (Phi) is 8.54. The Morgan fingerprint density at radius 1 is 0.857 bits per heavy atom. The molecule has 1 unspecified atom stereocenters. The summed E-state index contributed by atoms with van der Waals surface area (Å²) >= 11 is 12.6. The first kappa shape index (κ1) is 26.3. The molecule has 0 aliphatic rings. The molecule has 3 rings (SSSR count). The average molecular weight is 513 g/mol. The summed E-state index contributed by atoms with van der Waals surface area (Å²) in [6.07, 6.45) is -0.644. The average Bonchev–Trinajstić information content (AvgIpc) is 2.79. The maximum atomic E-state index is 13.9. The summed E-state index contributed by atoms with van der Waals surface area (Å²) in [6, 6.07) is 21.1. The summed E-state index contributed by atoms with van der Waals surface area (Å²) in [7, 11) is 0. The maximum absolute atomic E-state index is 13.9. The van der Waals surface area contributed by atoms with Gasteiger partial charge in [0.25, 0.3) is 11.8 Å². The van der Waals surface area contributed by atoms with Crippen LogP contribution in [0.2, 0.25) is 10.0 Å². The van der Waals surface area contributed by atoms with Crippen LogP contribution in [-0.2, 0) is 16.0 Å². The number of carbonyl (C=O) groups excluding carboxylic acids is 3. The van der Waals surface area contributed by atoms with Gasteiger partial charge in [0.1, 0.15) is 11.6 Å². The van der Waals surface area contributed by atoms with Crippen LogP contribution in [0, 0.1) is 0 Å². The van der Waals surface area contributed by atoms with E-state index in [1.54, 1.807) is 57.2 Å². The van der Waals surface area contributed by atoms with Gasteiger partial charge in [0, 0.05) is 6.42 Å². The normalized spacial score (nSPS) is 11.9. The summed E-state index contributed by atoms with van der Waals surface area (Å²) in [5, 5.41) is 2.85. The van der Waals surface area contributed by atoms with Gasteiger partial charge in [-0.25, -0.2) is 9.69 Å². The maximum Gasteiger partial charge on any atom is 0.408 e. The third-order valence-electron chi connectivity index (χ3n) is 4.89. The number of alkyl carbamates (subject to hydrolysis) is 1. The van der Waals surface area contributed by atoms with Gasteiger partial charge in [-0.15, -0.1) is 0 Å². The lowest BCUT2D eigenvalue weighted by Crippen LogP contribution is -2.52. The number of nitrogens with one attached hydrogen (secondary N) is 1. The Labute approximate surface area is 214 Å². The Bertz CT molecular complexity index is 1170. The minimum atomic E-state index is -1.11. The lowest BCUT2D eigenvalue weighted by atomic mass is 10.0. The van der Waals surface area contributed by atoms with Crippen molar-refractivity contribution in [2.24, 2.45) is 0 Å². The Balaban J connectivity index is 2.04. The molecule has 0 radical (unpaired) electrons. The highest BCUT2D eigenvalue weighted by molar-refractivity contribution is 6.42. The molecule has 0 saturated carbocycles.